The zero-order valence-corrected chi connectivity index (χ0v) is 20.6. The minimum absolute atomic E-state index is 0.0413. The van der Waals surface area contributed by atoms with E-state index in [0.29, 0.717) is 39.6 Å². The van der Waals surface area contributed by atoms with Crippen molar-refractivity contribution in [1.29, 1.82) is 0 Å². The summed E-state index contributed by atoms with van der Waals surface area (Å²) in [5, 5.41) is 16.7. The van der Waals surface area contributed by atoms with Gasteiger partial charge in [-0.2, -0.15) is 8.42 Å². The molecule has 0 aliphatic carbocycles. The standard InChI is InChI=1S/C8H18O5.C8H18O4S.C4H10O/c9-1-3-11-5-7-13-8-6-12-4-2-10;1-3-5-6-8(4-2)7-12-13(9,10)11;1-3-5-4-2/h9-10H,1-8H2;8H,3-7H2,1-2H3,(H,9,10,11);3-4H2,1-2H3. The van der Waals surface area contributed by atoms with Gasteiger partial charge in [-0.1, -0.05) is 33.1 Å². The first kappa shape index (κ1) is 35.2. The second kappa shape index (κ2) is 29.6. The molecule has 0 fully saturated rings. The fourth-order valence-electron chi connectivity index (χ4n) is 1.96. The van der Waals surface area contributed by atoms with Gasteiger partial charge < -0.3 is 29.2 Å². The maximum absolute atomic E-state index is 10.3. The van der Waals surface area contributed by atoms with Crippen molar-refractivity contribution >= 4 is 10.4 Å². The number of hydrogen-bond donors (Lipinski definition) is 3. The molecule has 31 heavy (non-hydrogen) atoms. The lowest BCUT2D eigenvalue weighted by Gasteiger charge is -2.12. The molecule has 0 radical (unpaired) electrons. The molecule has 0 heterocycles. The Balaban J connectivity index is -0.000000416. The Morgan fingerprint density at radius 1 is 0.742 bits per heavy atom. The van der Waals surface area contributed by atoms with Gasteiger partial charge in [-0.05, 0) is 26.2 Å². The summed E-state index contributed by atoms with van der Waals surface area (Å²) < 4.78 is 53.0. The van der Waals surface area contributed by atoms with Crippen LogP contribution in [0.25, 0.3) is 0 Å². The van der Waals surface area contributed by atoms with Crippen LogP contribution in [0.15, 0.2) is 0 Å². The molecule has 0 aromatic carbocycles. The average molecular weight is 479 g/mol. The average Bonchev–Trinajstić information content (AvgIpc) is 2.73. The molecule has 1 atom stereocenters. The van der Waals surface area contributed by atoms with Crippen molar-refractivity contribution in [2.75, 3.05) is 72.7 Å². The smallest absolute Gasteiger partial charge is 0.394 e. The molecule has 0 aliphatic heterocycles. The third-order valence-electron chi connectivity index (χ3n) is 3.62. The lowest BCUT2D eigenvalue weighted by molar-refractivity contribution is 0.00230. The molecule has 0 amide bonds. The fourth-order valence-corrected chi connectivity index (χ4v) is 2.32. The summed E-state index contributed by atoms with van der Waals surface area (Å²) in [6, 6.07) is 0. The first-order valence-electron chi connectivity index (χ1n) is 11.0. The van der Waals surface area contributed by atoms with Crippen LogP contribution in [0.4, 0.5) is 0 Å². The lowest BCUT2D eigenvalue weighted by atomic mass is 10.0. The summed E-state index contributed by atoms with van der Waals surface area (Å²) in [5.74, 6) is 0.224. The highest BCUT2D eigenvalue weighted by Crippen LogP contribution is 2.13. The maximum Gasteiger partial charge on any atom is 0.397 e. The van der Waals surface area contributed by atoms with Gasteiger partial charge in [-0.15, -0.1) is 0 Å². The second-order valence-corrected chi connectivity index (χ2v) is 7.29. The van der Waals surface area contributed by atoms with Gasteiger partial charge in [0.1, 0.15) is 0 Å². The lowest BCUT2D eigenvalue weighted by Crippen LogP contribution is -2.13. The third-order valence-corrected chi connectivity index (χ3v) is 4.05. The van der Waals surface area contributed by atoms with Crippen LogP contribution in [0.2, 0.25) is 0 Å². The van der Waals surface area contributed by atoms with Crippen LogP contribution in [-0.4, -0.2) is 95.9 Å². The van der Waals surface area contributed by atoms with E-state index in [1.165, 1.54) is 0 Å². The minimum Gasteiger partial charge on any atom is -0.394 e. The first-order valence-corrected chi connectivity index (χ1v) is 12.3. The molecule has 192 valence electrons. The third kappa shape index (κ3) is 40.5. The Morgan fingerprint density at radius 3 is 1.48 bits per heavy atom. The molecule has 0 aromatic heterocycles. The number of rotatable bonds is 19. The molecule has 0 rings (SSSR count). The number of aliphatic hydroxyl groups excluding tert-OH is 2. The van der Waals surface area contributed by atoms with Crippen LogP contribution in [0.3, 0.4) is 0 Å². The number of hydrogen-bond acceptors (Lipinski definition) is 9. The predicted octanol–water partition coefficient (Wildman–Crippen LogP) is 2.09. The summed E-state index contributed by atoms with van der Waals surface area (Å²) in [7, 11) is -4.25. The van der Waals surface area contributed by atoms with Crippen molar-refractivity contribution in [3.63, 3.8) is 0 Å². The fraction of sp³-hybridized carbons (Fsp3) is 1.00. The highest BCUT2D eigenvalue weighted by Gasteiger charge is 2.11. The van der Waals surface area contributed by atoms with E-state index in [1.807, 2.05) is 20.8 Å². The Labute approximate surface area is 189 Å². The normalized spacial score (nSPS) is 11.8. The number of aliphatic hydroxyl groups is 2. The summed E-state index contributed by atoms with van der Waals surface area (Å²) in [6.07, 6.45) is 3.97. The van der Waals surface area contributed by atoms with E-state index in [0.717, 1.165) is 38.9 Å². The van der Waals surface area contributed by atoms with Gasteiger partial charge in [0.2, 0.25) is 0 Å². The maximum atomic E-state index is 10.3. The molecule has 0 saturated heterocycles. The van der Waals surface area contributed by atoms with E-state index in [4.69, 9.17) is 33.7 Å². The summed E-state index contributed by atoms with van der Waals surface area (Å²) in [4.78, 5) is 0. The van der Waals surface area contributed by atoms with E-state index in [9.17, 15) is 8.42 Å². The number of unbranched alkanes of at least 4 members (excludes halogenated alkanes) is 1. The van der Waals surface area contributed by atoms with E-state index < -0.39 is 10.4 Å². The van der Waals surface area contributed by atoms with E-state index >= 15 is 0 Å². The zero-order chi connectivity index (χ0) is 24.2. The molecule has 0 aliphatic rings. The minimum atomic E-state index is -4.25. The Hall–Kier alpha value is -0.370. The van der Waals surface area contributed by atoms with E-state index in [1.54, 1.807) is 0 Å². The Bertz CT molecular complexity index is 395. The summed E-state index contributed by atoms with van der Waals surface area (Å²) >= 11 is 0. The van der Waals surface area contributed by atoms with Crippen LogP contribution in [0.5, 0.6) is 0 Å². The van der Waals surface area contributed by atoms with Crippen LogP contribution in [0, 0.1) is 5.92 Å². The van der Waals surface area contributed by atoms with Gasteiger partial charge in [0.25, 0.3) is 0 Å². The molecule has 1 unspecified atom stereocenters. The molecule has 11 heteroatoms. The quantitative estimate of drug-likeness (QED) is 0.187. The Kier molecular flexibility index (Phi) is 33.7. The van der Waals surface area contributed by atoms with Crippen molar-refractivity contribution in [2.24, 2.45) is 5.92 Å². The molecule has 0 spiro atoms. The summed E-state index contributed by atoms with van der Waals surface area (Å²) in [5.41, 5.74) is 0. The SMILES string of the molecule is CCCCC(CC)COS(=O)(=O)O.CCOCC.OCCOCCOCCOCCO. The van der Waals surface area contributed by atoms with Gasteiger partial charge in [-0.25, -0.2) is 4.18 Å². The molecule has 0 saturated carbocycles. The van der Waals surface area contributed by atoms with Gasteiger partial charge in [-0.3, -0.25) is 4.55 Å². The molecule has 0 bridgehead atoms. The summed E-state index contributed by atoms with van der Waals surface area (Å²) in [6.45, 7) is 12.6. The number of ether oxygens (including phenoxy) is 4. The second-order valence-electron chi connectivity index (χ2n) is 6.19. The van der Waals surface area contributed by atoms with Crippen molar-refractivity contribution in [3.05, 3.63) is 0 Å². The molecule has 3 N–H and O–H groups in total. The van der Waals surface area contributed by atoms with Crippen molar-refractivity contribution in [2.45, 2.75) is 53.4 Å². The van der Waals surface area contributed by atoms with Gasteiger partial charge in [0.05, 0.1) is 59.5 Å². The predicted molar refractivity (Wildman–Crippen MR) is 120 cm³/mol. The van der Waals surface area contributed by atoms with Gasteiger partial charge in [0.15, 0.2) is 0 Å². The first-order chi connectivity index (χ1) is 14.8. The Morgan fingerprint density at radius 2 is 1.19 bits per heavy atom. The molecule has 10 nitrogen and oxygen atoms in total. The molecular formula is C20H46O10S. The van der Waals surface area contributed by atoms with Crippen LogP contribution < -0.4 is 0 Å². The van der Waals surface area contributed by atoms with E-state index in [2.05, 4.69) is 11.1 Å². The van der Waals surface area contributed by atoms with Crippen LogP contribution in [0.1, 0.15) is 53.4 Å². The monoisotopic (exact) mass is 478 g/mol. The van der Waals surface area contributed by atoms with E-state index in [-0.39, 0.29) is 25.7 Å². The van der Waals surface area contributed by atoms with Gasteiger partial charge in [0, 0.05) is 13.2 Å². The zero-order valence-electron chi connectivity index (χ0n) is 19.8. The van der Waals surface area contributed by atoms with Crippen molar-refractivity contribution in [3.8, 4) is 0 Å². The van der Waals surface area contributed by atoms with Crippen LogP contribution >= 0.6 is 0 Å². The van der Waals surface area contributed by atoms with Crippen LogP contribution in [-0.2, 0) is 33.5 Å². The largest absolute Gasteiger partial charge is 0.397 e. The topological polar surface area (TPSA) is 141 Å². The molecule has 0 aromatic rings. The highest BCUT2D eigenvalue weighted by atomic mass is 32.3. The van der Waals surface area contributed by atoms with Crippen molar-refractivity contribution in [1.82, 2.24) is 0 Å². The molecular weight excluding hydrogens is 432 g/mol. The van der Waals surface area contributed by atoms with Crippen molar-refractivity contribution < 1.29 is 46.3 Å². The highest BCUT2D eigenvalue weighted by molar-refractivity contribution is 7.80. The van der Waals surface area contributed by atoms with Gasteiger partial charge >= 0.3 is 10.4 Å².